The number of rotatable bonds is 10. The molecule has 1 aromatic heterocycles. The molecule has 0 saturated heterocycles. The number of nitrogens with zero attached hydrogens (tertiary/aromatic N) is 2. The number of ether oxygens (including phenoxy) is 1. The predicted molar refractivity (Wildman–Crippen MR) is 109 cm³/mol. The molecule has 1 aliphatic carbocycles. The normalized spacial score (nSPS) is 19.5. The maximum absolute atomic E-state index is 12.8. The first-order valence-electron chi connectivity index (χ1n) is 9.66. The van der Waals surface area contributed by atoms with Gasteiger partial charge in [0.15, 0.2) is 5.13 Å². The van der Waals surface area contributed by atoms with Crippen molar-refractivity contribution in [2.45, 2.75) is 55.5 Å². The van der Waals surface area contributed by atoms with Gasteiger partial charge in [-0.1, -0.05) is 18.3 Å². The summed E-state index contributed by atoms with van der Waals surface area (Å²) >= 11 is 2.57. The molecule has 0 atom stereocenters. The van der Waals surface area contributed by atoms with Crippen molar-refractivity contribution in [2.24, 2.45) is 5.92 Å². The van der Waals surface area contributed by atoms with Crippen LogP contribution in [0.15, 0.2) is 10.4 Å². The number of carboxylic acid groups (broad SMARTS) is 1. The lowest BCUT2D eigenvalue weighted by molar-refractivity contribution is -0.174. The van der Waals surface area contributed by atoms with E-state index in [1.807, 2.05) is 0 Å². The van der Waals surface area contributed by atoms with Crippen LogP contribution in [0.25, 0.3) is 0 Å². The summed E-state index contributed by atoms with van der Waals surface area (Å²) in [6, 6.07) is -0.471. The van der Waals surface area contributed by atoms with Crippen LogP contribution in [0.2, 0.25) is 0 Å². The molecule has 1 aromatic rings. The number of hydrogen-bond acceptors (Lipinski definition) is 6. The minimum atomic E-state index is -4.40. The Morgan fingerprint density at radius 2 is 2.07 bits per heavy atom. The molecule has 170 valence electrons. The molecule has 1 aliphatic rings. The number of carboxylic acids is 1. The number of aromatic nitrogens is 1. The maximum atomic E-state index is 12.8. The van der Waals surface area contributed by atoms with E-state index in [0.717, 1.165) is 29.9 Å². The number of aliphatic carboxylic acids is 1. The second-order valence-electron chi connectivity index (χ2n) is 7.18. The van der Waals surface area contributed by atoms with E-state index >= 15 is 0 Å². The quantitative estimate of drug-likeness (QED) is 0.381. The summed E-state index contributed by atoms with van der Waals surface area (Å²) in [6.07, 6.45) is 0.688. The number of nitrogens with one attached hydrogen (secondary N) is 1. The highest BCUT2D eigenvalue weighted by atomic mass is 32.2. The zero-order chi connectivity index (χ0) is 22.1. The first-order chi connectivity index (χ1) is 14.1. The molecule has 2 amide bonds. The number of alkyl halides is 3. The lowest BCUT2D eigenvalue weighted by atomic mass is 9.86. The van der Waals surface area contributed by atoms with Crippen LogP contribution in [0, 0.1) is 5.92 Å². The highest BCUT2D eigenvalue weighted by Crippen LogP contribution is 2.30. The standard InChI is InChI=1S/C18H26F3N3O4S2/c1-12-2-4-13(5-3-12)24(7-8-28-11-18(19,20)21)17(27)23-16-22-10-15(30-16)29-9-6-14(25)26/h10,12-13H,2-9,11H2,1H3,(H,25,26)(H,22,23,27)/t12-,13-. The summed E-state index contributed by atoms with van der Waals surface area (Å²) in [5.74, 6) is 0.0797. The fourth-order valence-corrected chi connectivity index (χ4v) is 5.01. The smallest absolute Gasteiger partial charge is 0.411 e. The van der Waals surface area contributed by atoms with Crippen molar-refractivity contribution in [3.05, 3.63) is 6.20 Å². The van der Waals surface area contributed by atoms with Crippen molar-refractivity contribution in [3.8, 4) is 0 Å². The van der Waals surface area contributed by atoms with Crippen LogP contribution in [-0.2, 0) is 9.53 Å². The average Bonchev–Trinajstić information content (AvgIpc) is 3.08. The van der Waals surface area contributed by atoms with Crippen molar-refractivity contribution < 1.29 is 32.6 Å². The minimum Gasteiger partial charge on any atom is -0.481 e. The summed E-state index contributed by atoms with van der Waals surface area (Å²) < 4.78 is 42.4. The maximum Gasteiger partial charge on any atom is 0.411 e. The highest BCUT2D eigenvalue weighted by Gasteiger charge is 2.30. The second kappa shape index (κ2) is 11.8. The Bertz CT molecular complexity index is 694. The Morgan fingerprint density at radius 1 is 1.37 bits per heavy atom. The van der Waals surface area contributed by atoms with Crippen molar-refractivity contribution in [1.82, 2.24) is 9.88 Å². The van der Waals surface area contributed by atoms with Crippen LogP contribution in [0.4, 0.5) is 23.1 Å². The van der Waals surface area contributed by atoms with E-state index < -0.39 is 24.8 Å². The number of hydrogen-bond donors (Lipinski definition) is 2. The van der Waals surface area contributed by atoms with E-state index in [1.54, 1.807) is 11.1 Å². The van der Waals surface area contributed by atoms with Gasteiger partial charge in [-0.15, -0.1) is 11.8 Å². The van der Waals surface area contributed by atoms with Crippen molar-refractivity contribution in [1.29, 1.82) is 0 Å². The van der Waals surface area contributed by atoms with Gasteiger partial charge in [0.2, 0.25) is 0 Å². The fraction of sp³-hybridized carbons (Fsp3) is 0.722. The molecule has 1 heterocycles. The van der Waals surface area contributed by atoms with E-state index in [-0.39, 0.29) is 25.6 Å². The zero-order valence-electron chi connectivity index (χ0n) is 16.6. The molecule has 1 fully saturated rings. The molecule has 0 spiro atoms. The molecule has 0 aromatic carbocycles. The topological polar surface area (TPSA) is 91.8 Å². The lowest BCUT2D eigenvalue weighted by Gasteiger charge is -2.36. The van der Waals surface area contributed by atoms with Gasteiger partial charge in [-0.25, -0.2) is 9.78 Å². The fourth-order valence-electron chi connectivity index (χ4n) is 3.14. The third-order valence-corrected chi connectivity index (χ3v) is 6.80. The number of thioether (sulfide) groups is 1. The summed E-state index contributed by atoms with van der Waals surface area (Å²) in [4.78, 5) is 29.1. The van der Waals surface area contributed by atoms with Gasteiger partial charge < -0.3 is 14.7 Å². The number of urea groups is 1. The number of carbonyl (C=O) groups is 2. The van der Waals surface area contributed by atoms with Crippen LogP contribution in [0.3, 0.4) is 0 Å². The largest absolute Gasteiger partial charge is 0.481 e. The predicted octanol–water partition coefficient (Wildman–Crippen LogP) is 4.70. The molecule has 0 unspecified atom stereocenters. The van der Waals surface area contributed by atoms with E-state index in [9.17, 15) is 22.8 Å². The van der Waals surface area contributed by atoms with Crippen molar-refractivity contribution >= 4 is 40.2 Å². The molecular formula is C18H26F3N3O4S2. The number of anilines is 1. The number of amides is 2. The highest BCUT2D eigenvalue weighted by molar-refractivity contribution is 8.01. The Hall–Kier alpha value is -1.53. The molecule has 2 rings (SSSR count). The Labute approximate surface area is 181 Å². The molecule has 12 heteroatoms. The zero-order valence-corrected chi connectivity index (χ0v) is 18.2. The summed E-state index contributed by atoms with van der Waals surface area (Å²) in [7, 11) is 0. The average molecular weight is 470 g/mol. The second-order valence-corrected chi connectivity index (χ2v) is 9.61. The van der Waals surface area contributed by atoms with E-state index in [2.05, 4.69) is 17.2 Å². The van der Waals surface area contributed by atoms with Gasteiger partial charge in [-0.2, -0.15) is 13.2 Å². The summed E-state index contributed by atoms with van der Waals surface area (Å²) in [5, 5.41) is 11.8. The molecule has 0 aliphatic heterocycles. The van der Waals surface area contributed by atoms with Gasteiger partial charge in [0.25, 0.3) is 0 Å². The van der Waals surface area contributed by atoms with Crippen molar-refractivity contribution in [3.63, 3.8) is 0 Å². The number of carbonyl (C=O) groups excluding carboxylic acids is 1. The van der Waals surface area contributed by atoms with Gasteiger partial charge in [-0.3, -0.25) is 10.1 Å². The monoisotopic (exact) mass is 469 g/mol. The molecule has 0 bridgehead atoms. The molecular weight excluding hydrogens is 443 g/mol. The summed E-state index contributed by atoms with van der Waals surface area (Å²) in [6.45, 7) is 0.666. The minimum absolute atomic E-state index is 0.0239. The third kappa shape index (κ3) is 9.09. The number of halogens is 3. The molecule has 1 saturated carbocycles. The third-order valence-electron chi connectivity index (χ3n) is 4.69. The van der Waals surface area contributed by atoms with E-state index in [1.165, 1.54) is 23.1 Å². The van der Waals surface area contributed by atoms with Crippen LogP contribution in [-0.4, -0.2) is 64.7 Å². The lowest BCUT2D eigenvalue weighted by Crippen LogP contribution is -2.46. The Morgan fingerprint density at radius 3 is 2.70 bits per heavy atom. The van der Waals surface area contributed by atoms with Crippen LogP contribution in [0.1, 0.15) is 39.0 Å². The van der Waals surface area contributed by atoms with Crippen LogP contribution < -0.4 is 5.32 Å². The molecule has 7 nitrogen and oxygen atoms in total. The summed E-state index contributed by atoms with van der Waals surface area (Å²) in [5.41, 5.74) is 0. The molecule has 0 radical (unpaired) electrons. The van der Waals surface area contributed by atoms with E-state index in [0.29, 0.717) is 16.8 Å². The Kier molecular flexibility index (Phi) is 9.69. The molecule has 30 heavy (non-hydrogen) atoms. The van der Waals surface area contributed by atoms with Crippen LogP contribution >= 0.6 is 23.1 Å². The van der Waals surface area contributed by atoms with Gasteiger partial charge in [0.1, 0.15) is 6.61 Å². The first-order valence-corrected chi connectivity index (χ1v) is 11.5. The number of thiazole rings is 1. The van der Waals surface area contributed by atoms with Gasteiger partial charge in [0, 0.05) is 18.3 Å². The SMILES string of the molecule is C[C@H]1CC[C@H](N(CCOCC(F)(F)F)C(=O)Nc2ncc(SCCC(=O)O)s2)CC1. The van der Waals surface area contributed by atoms with E-state index in [4.69, 9.17) is 9.84 Å². The van der Waals surface area contributed by atoms with Gasteiger partial charge >= 0.3 is 18.2 Å². The van der Waals surface area contributed by atoms with Crippen LogP contribution in [0.5, 0.6) is 0 Å². The van der Waals surface area contributed by atoms with Gasteiger partial charge in [-0.05, 0) is 31.6 Å². The van der Waals surface area contributed by atoms with Crippen molar-refractivity contribution in [2.75, 3.05) is 30.8 Å². The Balaban J connectivity index is 1.92. The molecule has 2 N–H and O–H groups in total. The first kappa shape index (κ1) is 24.7. The van der Waals surface area contributed by atoms with Gasteiger partial charge in [0.05, 0.1) is 23.4 Å².